The van der Waals surface area contributed by atoms with E-state index in [2.05, 4.69) is 15.6 Å². The topological polar surface area (TPSA) is 98.9 Å². The van der Waals surface area contributed by atoms with Gasteiger partial charge in [0.05, 0.1) is 17.6 Å². The summed E-state index contributed by atoms with van der Waals surface area (Å²) in [5.74, 6) is -0.275. The average Bonchev–Trinajstić information content (AvgIpc) is 2.63. The smallest absolute Gasteiger partial charge is 0.277 e. The van der Waals surface area contributed by atoms with Crippen LogP contribution in [-0.2, 0) is 17.9 Å². The number of hydrogen-bond donors (Lipinski definition) is 1. The van der Waals surface area contributed by atoms with Crippen molar-refractivity contribution in [2.24, 2.45) is 0 Å². The number of aryl methyl sites for hydroxylation is 2. The molecule has 2 heterocycles. The van der Waals surface area contributed by atoms with Crippen LogP contribution in [-0.4, -0.2) is 25.5 Å². The summed E-state index contributed by atoms with van der Waals surface area (Å²) in [6, 6.07) is 9.88. The Balaban J connectivity index is 1.69. The van der Waals surface area contributed by atoms with Crippen LogP contribution in [0.25, 0.3) is 10.9 Å². The summed E-state index contributed by atoms with van der Waals surface area (Å²) in [5, 5.41) is 11.0. The van der Waals surface area contributed by atoms with E-state index in [1.807, 2.05) is 6.92 Å². The molecule has 8 heteroatoms. The number of rotatable bonds is 5. The van der Waals surface area contributed by atoms with Gasteiger partial charge in [0.2, 0.25) is 5.91 Å². The molecule has 8 nitrogen and oxygen atoms in total. The van der Waals surface area contributed by atoms with Crippen molar-refractivity contribution in [3.05, 3.63) is 63.3 Å². The molecular weight excluding hydrogens is 322 g/mol. The van der Waals surface area contributed by atoms with Crippen LogP contribution in [0.5, 0.6) is 0 Å². The zero-order valence-corrected chi connectivity index (χ0v) is 13.7. The number of pyridine rings is 1. The molecule has 2 aromatic heterocycles. The van der Waals surface area contributed by atoms with Gasteiger partial charge < -0.3 is 9.88 Å². The van der Waals surface area contributed by atoms with Gasteiger partial charge in [-0.05, 0) is 25.1 Å². The van der Waals surface area contributed by atoms with E-state index in [9.17, 15) is 14.4 Å². The Morgan fingerprint density at radius 3 is 2.76 bits per heavy atom. The Labute approximate surface area is 142 Å². The maximum Gasteiger partial charge on any atom is 0.277 e. The Morgan fingerprint density at radius 2 is 1.96 bits per heavy atom. The standard InChI is InChI=1S/C17H17N5O3/c1-2-21-11-12(7-8-16(21)24)18-15(23)9-10-22-17(25)13-5-3-4-6-14(13)19-20-22/h3-8,11H,2,9-10H2,1H3,(H,18,23). The lowest BCUT2D eigenvalue weighted by Crippen LogP contribution is -2.27. The molecule has 0 aliphatic carbocycles. The van der Waals surface area contributed by atoms with Crippen LogP contribution in [0.2, 0.25) is 0 Å². The summed E-state index contributed by atoms with van der Waals surface area (Å²) in [7, 11) is 0. The van der Waals surface area contributed by atoms with Crippen LogP contribution < -0.4 is 16.4 Å². The summed E-state index contributed by atoms with van der Waals surface area (Å²) in [6.45, 7) is 2.48. The van der Waals surface area contributed by atoms with Crippen molar-refractivity contribution in [1.82, 2.24) is 19.6 Å². The van der Waals surface area contributed by atoms with Crippen LogP contribution in [0.3, 0.4) is 0 Å². The summed E-state index contributed by atoms with van der Waals surface area (Å²) in [5.41, 5.74) is 0.648. The molecule has 1 amide bonds. The van der Waals surface area contributed by atoms with Gasteiger partial charge in [0.15, 0.2) is 0 Å². The molecule has 128 valence electrons. The van der Waals surface area contributed by atoms with Gasteiger partial charge in [-0.2, -0.15) is 0 Å². The molecule has 1 aromatic carbocycles. The minimum atomic E-state index is -0.280. The Hall–Kier alpha value is -3.29. The molecular formula is C17H17N5O3. The van der Waals surface area contributed by atoms with Crippen LogP contribution in [0.4, 0.5) is 5.69 Å². The van der Waals surface area contributed by atoms with Gasteiger partial charge in [0.1, 0.15) is 5.52 Å². The predicted octanol–water partition coefficient (Wildman–Crippen LogP) is 1.00. The van der Waals surface area contributed by atoms with Gasteiger partial charge in [0.25, 0.3) is 11.1 Å². The SMILES string of the molecule is CCn1cc(NC(=O)CCn2nnc3ccccc3c2=O)ccc1=O. The fraction of sp³-hybridized carbons (Fsp3) is 0.235. The zero-order chi connectivity index (χ0) is 17.8. The quantitative estimate of drug-likeness (QED) is 0.748. The van der Waals surface area contributed by atoms with Crippen molar-refractivity contribution in [2.45, 2.75) is 26.4 Å². The molecule has 1 N–H and O–H groups in total. The molecule has 0 fully saturated rings. The first-order valence-electron chi connectivity index (χ1n) is 7.91. The maximum absolute atomic E-state index is 12.3. The molecule has 25 heavy (non-hydrogen) atoms. The number of carbonyl (C=O) groups is 1. The number of fused-ring (bicyclic) bond motifs is 1. The normalized spacial score (nSPS) is 10.8. The summed E-state index contributed by atoms with van der Waals surface area (Å²) < 4.78 is 2.67. The van der Waals surface area contributed by atoms with Crippen molar-refractivity contribution in [2.75, 3.05) is 5.32 Å². The molecule has 0 spiro atoms. The highest BCUT2D eigenvalue weighted by Crippen LogP contribution is 2.05. The van der Waals surface area contributed by atoms with Crippen molar-refractivity contribution in [1.29, 1.82) is 0 Å². The summed E-state index contributed by atoms with van der Waals surface area (Å²) in [4.78, 5) is 35.9. The van der Waals surface area contributed by atoms with E-state index in [1.54, 1.807) is 36.5 Å². The number of anilines is 1. The first-order valence-corrected chi connectivity index (χ1v) is 7.91. The highest BCUT2D eigenvalue weighted by Gasteiger charge is 2.08. The summed E-state index contributed by atoms with van der Waals surface area (Å²) >= 11 is 0. The van der Waals surface area contributed by atoms with Gasteiger partial charge in [-0.15, -0.1) is 5.10 Å². The number of aromatic nitrogens is 4. The van der Waals surface area contributed by atoms with Crippen LogP contribution in [0, 0.1) is 0 Å². The van der Waals surface area contributed by atoms with E-state index in [4.69, 9.17) is 0 Å². The molecule has 0 saturated carbocycles. The van der Waals surface area contributed by atoms with Crippen LogP contribution >= 0.6 is 0 Å². The van der Waals surface area contributed by atoms with E-state index < -0.39 is 0 Å². The molecule has 0 bridgehead atoms. The molecule has 0 unspecified atom stereocenters. The Bertz CT molecular complexity index is 1040. The largest absolute Gasteiger partial charge is 0.325 e. The fourth-order valence-electron chi connectivity index (χ4n) is 2.45. The lowest BCUT2D eigenvalue weighted by Gasteiger charge is -2.08. The Kier molecular flexibility index (Phi) is 4.69. The van der Waals surface area contributed by atoms with Crippen molar-refractivity contribution < 1.29 is 4.79 Å². The van der Waals surface area contributed by atoms with Crippen molar-refractivity contribution in [3.63, 3.8) is 0 Å². The number of nitrogens with zero attached hydrogens (tertiary/aromatic N) is 4. The molecule has 0 atom stereocenters. The second-order valence-corrected chi connectivity index (χ2v) is 5.48. The molecule has 3 aromatic rings. The van der Waals surface area contributed by atoms with Gasteiger partial charge in [-0.25, -0.2) is 4.68 Å². The number of amides is 1. The monoisotopic (exact) mass is 339 g/mol. The second-order valence-electron chi connectivity index (χ2n) is 5.48. The number of nitrogens with one attached hydrogen (secondary N) is 1. The van der Waals surface area contributed by atoms with Gasteiger partial charge in [-0.3, -0.25) is 14.4 Å². The van der Waals surface area contributed by atoms with E-state index in [0.717, 1.165) is 0 Å². The number of benzene rings is 1. The third kappa shape index (κ3) is 3.63. The lowest BCUT2D eigenvalue weighted by molar-refractivity contribution is -0.116. The van der Waals surface area contributed by atoms with Gasteiger partial charge >= 0.3 is 0 Å². The minimum absolute atomic E-state index is 0.0676. The fourth-order valence-corrected chi connectivity index (χ4v) is 2.45. The lowest BCUT2D eigenvalue weighted by atomic mass is 10.2. The summed E-state index contributed by atoms with van der Waals surface area (Å²) in [6.07, 6.45) is 1.65. The second kappa shape index (κ2) is 7.08. The highest BCUT2D eigenvalue weighted by molar-refractivity contribution is 5.90. The maximum atomic E-state index is 12.3. The predicted molar refractivity (Wildman–Crippen MR) is 93.4 cm³/mol. The zero-order valence-electron chi connectivity index (χ0n) is 13.7. The van der Waals surface area contributed by atoms with E-state index in [0.29, 0.717) is 23.1 Å². The third-order valence-electron chi connectivity index (χ3n) is 3.79. The van der Waals surface area contributed by atoms with E-state index >= 15 is 0 Å². The van der Waals surface area contributed by atoms with E-state index in [-0.39, 0.29) is 30.0 Å². The van der Waals surface area contributed by atoms with Gasteiger partial charge in [-0.1, -0.05) is 17.3 Å². The van der Waals surface area contributed by atoms with Crippen molar-refractivity contribution in [3.8, 4) is 0 Å². The van der Waals surface area contributed by atoms with Gasteiger partial charge in [0, 0.05) is 25.2 Å². The molecule has 0 aliphatic heterocycles. The number of carbonyl (C=O) groups excluding carboxylic acids is 1. The highest BCUT2D eigenvalue weighted by atomic mass is 16.2. The average molecular weight is 339 g/mol. The molecule has 0 radical (unpaired) electrons. The van der Waals surface area contributed by atoms with Crippen LogP contribution in [0.1, 0.15) is 13.3 Å². The molecule has 0 saturated heterocycles. The number of hydrogen-bond acceptors (Lipinski definition) is 5. The third-order valence-corrected chi connectivity index (χ3v) is 3.79. The first-order chi connectivity index (χ1) is 12.1. The first kappa shape index (κ1) is 16.6. The van der Waals surface area contributed by atoms with Crippen LogP contribution in [0.15, 0.2) is 52.2 Å². The molecule has 0 aliphatic rings. The van der Waals surface area contributed by atoms with Crippen molar-refractivity contribution >= 4 is 22.5 Å². The minimum Gasteiger partial charge on any atom is -0.325 e. The molecule has 3 rings (SSSR count). The van der Waals surface area contributed by atoms with E-state index in [1.165, 1.54) is 15.3 Å². The Morgan fingerprint density at radius 1 is 1.16 bits per heavy atom.